The topological polar surface area (TPSA) is 46.5 Å². The molecule has 4 heteroatoms. The quantitative estimate of drug-likeness (QED) is 0.770. The normalized spacial score (nSPS) is 12.7. The number of hydrogen-bond acceptors (Lipinski definition) is 3. The summed E-state index contributed by atoms with van der Waals surface area (Å²) >= 11 is 1.51. The second-order valence-corrected chi connectivity index (χ2v) is 5.41. The molecular formula is C14H20O3S. The van der Waals surface area contributed by atoms with Gasteiger partial charge in [-0.3, -0.25) is 0 Å². The minimum atomic E-state index is -0.900. The second-order valence-electron chi connectivity index (χ2n) is 4.32. The van der Waals surface area contributed by atoms with Crippen LogP contribution in [0.4, 0.5) is 0 Å². The van der Waals surface area contributed by atoms with Gasteiger partial charge >= 0.3 is 5.97 Å². The Labute approximate surface area is 113 Å². The summed E-state index contributed by atoms with van der Waals surface area (Å²) in [5, 5.41) is 8.96. The van der Waals surface area contributed by atoms with Gasteiger partial charge in [-0.15, -0.1) is 11.8 Å². The lowest BCUT2D eigenvalue weighted by molar-refractivity contribution is -0.148. The van der Waals surface area contributed by atoms with Crippen molar-refractivity contribution in [2.75, 3.05) is 12.4 Å². The van der Waals surface area contributed by atoms with E-state index in [1.807, 2.05) is 12.1 Å². The molecule has 0 aromatic heterocycles. The Kier molecular flexibility index (Phi) is 6.22. The Hall–Kier alpha value is -1.00. The summed E-state index contributed by atoms with van der Waals surface area (Å²) in [4.78, 5) is 12.0. The number of carbonyl (C=O) groups is 1. The first-order valence-corrected chi connectivity index (χ1v) is 7.10. The van der Waals surface area contributed by atoms with Crippen molar-refractivity contribution in [3.8, 4) is 0 Å². The van der Waals surface area contributed by atoms with Gasteiger partial charge < -0.3 is 9.84 Å². The van der Waals surface area contributed by atoms with Gasteiger partial charge in [0, 0.05) is 17.3 Å². The van der Waals surface area contributed by atoms with Crippen molar-refractivity contribution in [2.45, 2.75) is 37.7 Å². The van der Waals surface area contributed by atoms with Crippen LogP contribution in [0.5, 0.6) is 0 Å². The molecule has 0 bridgehead atoms. The number of hydrogen-bond donors (Lipinski definition) is 1. The highest BCUT2D eigenvalue weighted by Crippen LogP contribution is 2.22. The molecule has 1 rings (SSSR count). The molecule has 100 valence electrons. The zero-order valence-electron chi connectivity index (χ0n) is 11.1. The summed E-state index contributed by atoms with van der Waals surface area (Å²) in [5.74, 6) is 0.0480. The lowest BCUT2D eigenvalue weighted by Gasteiger charge is -2.12. The van der Waals surface area contributed by atoms with Gasteiger partial charge in [-0.1, -0.05) is 26.0 Å². The third-order valence-electron chi connectivity index (χ3n) is 2.59. The first-order valence-electron chi connectivity index (χ1n) is 6.11. The number of rotatable bonds is 7. The van der Waals surface area contributed by atoms with Gasteiger partial charge in [-0.2, -0.15) is 0 Å². The number of benzene rings is 1. The summed E-state index contributed by atoms with van der Waals surface area (Å²) < 4.78 is 5.17. The SMILES string of the molecule is CCOC(CSc1ccc(C(C)C)cc1)C(=O)O. The maximum Gasteiger partial charge on any atom is 0.333 e. The molecule has 0 aliphatic rings. The molecule has 1 atom stereocenters. The van der Waals surface area contributed by atoms with Crippen molar-refractivity contribution in [1.82, 2.24) is 0 Å². The van der Waals surface area contributed by atoms with Crippen molar-refractivity contribution < 1.29 is 14.6 Å². The van der Waals surface area contributed by atoms with Crippen molar-refractivity contribution in [3.05, 3.63) is 29.8 Å². The molecule has 1 aromatic rings. The minimum Gasteiger partial charge on any atom is -0.479 e. The zero-order chi connectivity index (χ0) is 13.5. The molecule has 0 heterocycles. The maximum atomic E-state index is 10.9. The summed E-state index contributed by atoms with van der Waals surface area (Å²) in [7, 11) is 0. The van der Waals surface area contributed by atoms with Crippen LogP contribution >= 0.6 is 11.8 Å². The Balaban J connectivity index is 2.54. The molecule has 0 fully saturated rings. The Bertz CT molecular complexity index is 373. The van der Waals surface area contributed by atoms with Crippen LogP contribution in [0.1, 0.15) is 32.3 Å². The molecule has 0 saturated carbocycles. The predicted molar refractivity (Wildman–Crippen MR) is 74.3 cm³/mol. The molecule has 3 nitrogen and oxygen atoms in total. The van der Waals surface area contributed by atoms with Crippen molar-refractivity contribution in [1.29, 1.82) is 0 Å². The van der Waals surface area contributed by atoms with E-state index in [1.54, 1.807) is 6.92 Å². The highest BCUT2D eigenvalue weighted by atomic mass is 32.2. The molecule has 0 saturated heterocycles. The van der Waals surface area contributed by atoms with E-state index in [9.17, 15) is 4.79 Å². The fourth-order valence-electron chi connectivity index (χ4n) is 1.51. The molecular weight excluding hydrogens is 248 g/mol. The van der Waals surface area contributed by atoms with Gasteiger partial charge in [0.05, 0.1) is 0 Å². The molecule has 0 aliphatic carbocycles. The molecule has 0 amide bonds. The van der Waals surface area contributed by atoms with E-state index in [4.69, 9.17) is 9.84 Å². The van der Waals surface area contributed by atoms with Crippen LogP contribution in [0.25, 0.3) is 0 Å². The average Bonchev–Trinajstić information content (AvgIpc) is 2.34. The average molecular weight is 268 g/mol. The predicted octanol–water partition coefficient (Wildman–Crippen LogP) is 3.39. The highest BCUT2D eigenvalue weighted by Gasteiger charge is 2.17. The maximum absolute atomic E-state index is 10.9. The number of aliphatic carboxylic acids is 1. The molecule has 1 N–H and O–H groups in total. The van der Waals surface area contributed by atoms with E-state index in [1.165, 1.54) is 17.3 Å². The van der Waals surface area contributed by atoms with Crippen LogP contribution in [-0.2, 0) is 9.53 Å². The van der Waals surface area contributed by atoms with Crippen LogP contribution in [0, 0.1) is 0 Å². The fourth-order valence-corrected chi connectivity index (χ4v) is 2.42. The Morgan fingerprint density at radius 2 is 1.94 bits per heavy atom. The minimum absolute atomic E-state index is 0.420. The lowest BCUT2D eigenvalue weighted by Crippen LogP contribution is -2.26. The number of ether oxygens (including phenoxy) is 1. The number of thioether (sulfide) groups is 1. The van der Waals surface area contributed by atoms with E-state index in [2.05, 4.69) is 26.0 Å². The van der Waals surface area contributed by atoms with Gasteiger partial charge in [0.15, 0.2) is 6.10 Å². The zero-order valence-corrected chi connectivity index (χ0v) is 11.9. The molecule has 1 aromatic carbocycles. The number of carboxylic acids is 1. The monoisotopic (exact) mass is 268 g/mol. The van der Waals surface area contributed by atoms with Crippen molar-refractivity contribution in [3.63, 3.8) is 0 Å². The van der Waals surface area contributed by atoms with Crippen LogP contribution in [-0.4, -0.2) is 29.5 Å². The van der Waals surface area contributed by atoms with Crippen LogP contribution in [0.2, 0.25) is 0 Å². The van der Waals surface area contributed by atoms with Crippen LogP contribution < -0.4 is 0 Å². The molecule has 18 heavy (non-hydrogen) atoms. The number of carboxylic acid groups (broad SMARTS) is 1. The van der Waals surface area contributed by atoms with Gasteiger partial charge in [0.2, 0.25) is 0 Å². The smallest absolute Gasteiger partial charge is 0.333 e. The molecule has 0 radical (unpaired) electrons. The first kappa shape index (κ1) is 15.1. The van der Waals surface area contributed by atoms with Gasteiger partial charge in [0.25, 0.3) is 0 Å². The van der Waals surface area contributed by atoms with E-state index >= 15 is 0 Å². The third-order valence-corrected chi connectivity index (χ3v) is 3.67. The molecule has 0 aliphatic heterocycles. The van der Waals surface area contributed by atoms with Crippen molar-refractivity contribution >= 4 is 17.7 Å². The van der Waals surface area contributed by atoms with Gasteiger partial charge in [-0.05, 0) is 30.5 Å². The van der Waals surface area contributed by atoms with Crippen LogP contribution in [0.3, 0.4) is 0 Å². The molecule has 1 unspecified atom stereocenters. The summed E-state index contributed by atoms with van der Waals surface area (Å²) in [6.07, 6.45) is -0.732. The molecule has 0 spiro atoms. The highest BCUT2D eigenvalue weighted by molar-refractivity contribution is 7.99. The van der Waals surface area contributed by atoms with Crippen LogP contribution in [0.15, 0.2) is 29.2 Å². The van der Waals surface area contributed by atoms with Crippen molar-refractivity contribution in [2.24, 2.45) is 0 Å². The van der Waals surface area contributed by atoms with E-state index in [0.717, 1.165) is 4.90 Å². The van der Waals surface area contributed by atoms with E-state index in [-0.39, 0.29) is 0 Å². The van der Waals surface area contributed by atoms with E-state index in [0.29, 0.717) is 18.3 Å². The first-order chi connectivity index (χ1) is 8.54. The standard InChI is InChI=1S/C14H20O3S/c1-4-17-13(14(15)16)9-18-12-7-5-11(6-8-12)10(2)3/h5-8,10,13H,4,9H2,1-3H3,(H,15,16). The Morgan fingerprint density at radius 3 is 2.39 bits per heavy atom. The summed E-state index contributed by atoms with van der Waals surface area (Å²) in [5.41, 5.74) is 1.29. The van der Waals surface area contributed by atoms with E-state index < -0.39 is 12.1 Å². The lowest BCUT2D eigenvalue weighted by atomic mass is 10.0. The fraction of sp³-hybridized carbons (Fsp3) is 0.500. The second kappa shape index (κ2) is 7.44. The largest absolute Gasteiger partial charge is 0.479 e. The third kappa shape index (κ3) is 4.70. The Morgan fingerprint density at radius 1 is 1.33 bits per heavy atom. The summed E-state index contributed by atoms with van der Waals surface area (Å²) in [6.45, 7) is 6.53. The van der Waals surface area contributed by atoms with Gasteiger partial charge in [-0.25, -0.2) is 4.79 Å². The van der Waals surface area contributed by atoms with Gasteiger partial charge in [0.1, 0.15) is 0 Å². The summed E-state index contributed by atoms with van der Waals surface area (Å²) in [6, 6.07) is 8.24.